The van der Waals surface area contributed by atoms with Gasteiger partial charge in [-0.25, -0.2) is 0 Å². The van der Waals surface area contributed by atoms with Crippen molar-refractivity contribution in [2.24, 2.45) is 0 Å². The van der Waals surface area contributed by atoms with Gasteiger partial charge < -0.3 is 5.11 Å². The summed E-state index contributed by atoms with van der Waals surface area (Å²) < 4.78 is 2.93. The summed E-state index contributed by atoms with van der Waals surface area (Å²) in [5.74, 6) is -0.821. The van der Waals surface area contributed by atoms with Gasteiger partial charge in [0.1, 0.15) is 0 Å². The normalized spacial score (nSPS) is 10.8. The molecule has 2 rings (SSSR count). The maximum Gasteiger partial charge on any atom is 0.307 e. The largest absolute Gasteiger partial charge is 0.481 e. The quantitative estimate of drug-likeness (QED) is 0.938. The Hall–Kier alpha value is -1.14. The van der Waals surface area contributed by atoms with E-state index in [0.717, 1.165) is 21.4 Å². The van der Waals surface area contributed by atoms with Crippen molar-refractivity contribution >= 4 is 33.2 Å². The Bertz CT molecular complexity index is 589. The van der Waals surface area contributed by atoms with Crippen LogP contribution in [0, 0.1) is 13.8 Å². The van der Waals surface area contributed by atoms with Crippen LogP contribution >= 0.6 is 27.3 Å². The number of carboxylic acids is 1. The van der Waals surface area contributed by atoms with Gasteiger partial charge in [0.05, 0.1) is 18.7 Å². The third-order valence-corrected chi connectivity index (χ3v) is 4.75. The first-order valence-electron chi connectivity index (χ1n) is 5.45. The third kappa shape index (κ3) is 2.64. The van der Waals surface area contributed by atoms with Crippen molar-refractivity contribution in [1.29, 1.82) is 0 Å². The predicted octanol–water partition coefficient (Wildman–Crippen LogP) is 3.00. The zero-order valence-corrected chi connectivity index (χ0v) is 12.5. The van der Waals surface area contributed by atoms with Crippen molar-refractivity contribution in [2.75, 3.05) is 0 Å². The van der Waals surface area contributed by atoms with Gasteiger partial charge in [0.15, 0.2) is 0 Å². The second-order valence-corrected chi connectivity index (χ2v) is 5.92. The number of thiophene rings is 1. The first kappa shape index (κ1) is 13.3. The van der Waals surface area contributed by atoms with Gasteiger partial charge in [-0.15, -0.1) is 11.3 Å². The van der Waals surface area contributed by atoms with E-state index in [-0.39, 0.29) is 6.42 Å². The Labute approximate surface area is 117 Å². The summed E-state index contributed by atoms with van der Waals surface area (Å²) in [6, 6.07) is 2.00. The van der Waals surface area contributed by atoms with Crippen molar-refractivity contribution in [2.45, 2.75) is 26.8 Å². The molecule has 0 atom stereocenters. The molecular weight excluding hydrogens is 316 g/mol. The molecule has 0 aliphatic heterocycles. The lowest BCUT2D eigenvalue weighted by molar-refractivity contribution is -0.136. The lowest BCUT2D eigenvalue weighted by atomic mass is 10.1. The maximum atomic E-state index is 10.8. The molecule has 1 N–H and O–H groups in total. The van der Waals surface area contributed by atoms with Crippen LogP contribution in [0.15, 0.2) is 15.9 Å². The standard InChI is InChI=1S/C12H13BrN2O2S/c1-7-9(5-12(16)17)8(2)15(14-7)6-11-10(13)3-4-18-11/h3-4H,5-6H2,1-2H3,(H,16,17). The molecule has 96 valence electrons. The summed E-state index contributed by atoms with van der Waals surface area (Å²) >= 11 is 5.15. The topological polar surface area (TPSA) is 55.1 Å². The molecule has 6 heteroatoms. The fourth-order valence-corrected chi connectivity index (χ4v) is 3.33. The van der Waals surface area contributed by atoms with Gasteiger partial charge in [-0.3, -0.25) is 9.48 Å². The van der Waals surface area contributed by atoms with E-state index in [1.807, 2.05) is 30.0 Å². The van der Waals surface area contributed by atoms with E-state index in [4.69, 9.17) is 5.11 Å². The first-order chi connectivity index (χ1) is 8.49. The number of carboxylic acid groups (broad SMARTS) is 1. The molecule has 2 aromatic heterocycles. The third-order valence-electron chi connectivity index (χ3n) is 2.84. The molecule has 0 aliphatic rings. The van der Waals surface area contributed by atoms with Crippen molar-refractivity contribution < 1.29 is 9.90 Å². The Balaban J connectivity index is 2.30. The average molecular weight is 329 g/mol. The molecule has 2 heterocycles. The molecule has 18 heavy (non-hydrogen) atoms. The molecule has 0 saturated heterocycles. The molecule has 0 amide bonds. The molecule has 0 radical (unpaired) electrons. The molecule has 4 nitrogen and oxygen atoms in total. The number of hydrogen-bond donors (Lipinski definition) is 1. The fraction of sp³-hybridized carbons (Fsp3) is 0.333. The summed E-state index contributed by atoms with van der Waals surface area (Å²) in [5.41, 5.74) is 2.54. The smallest absolute Gasteiger partial charge is 0.307 e. The lowest BCUT2D eigenvalue weighted by Gasteiger charge is -2.04. The van der Waals surface area contributed by atoms with Crippen LogP contribution in [0.3, 0.4) is 0 Å². The van der Waals surface area contributed by atoms with E-state index in [0.29, 0.717) is 6.54 Å². The highest BCUT2D eigenvalue weighted by Crippen LogP contribution is 2.24. The number of nitrogens with zero attached hydrogens (tertiary/aromatic N) is 2. The summed E-state index contributed by atoms with van der Waals surface area (Å²) in [6.45, 7) is 4.44. The molecule has 2 aromatic rings. The zero-order chi connectivity index (χ0) is 13.3. The van der Waals surface area contributed by atoms with Crippen LogP contribution in [0.4, 0.5) is 0 Å². The zero-order valence-electron chi connectivity index (χ0n) is 10.1. The van der Waals surface area contributed by atoms with Crippen LogP contribution in [-0.4, -0.2) is 20.9 Å². The number of carbonyl (C=O) groups is 1. The molecule has 0 saturated carbocycles. The van der Waals surface area contributed by atoms with Crippen LogP contribution < -0.4 is 0 Å². The van der Waals surface area contributed by atoms with Crippen LogP contribution in [-0.2, 0) is 17.8 Å². The summed E-state index contributed by atoms with van der Waals surface area (Å²) in [5, 5.41) is 15.3. The van der Waals surface area contributed by atoms with Gasteiger partial charge in [0.25, 0.3) is 0 Å². The molecular formula is C12H13BrN2O2S. The van der Waals surface area contributed by atoms with E-state index in [9.17, 15) is 4.79 Å². The molecule has 0 aliphatic carbocycles. The van der Waals surface area contributed by atoms with Crippen molar-refractivity contribution in [3.63, 3.8) is 0 Å². The number of rotatable bonds is 4. The van der Waals surface area contributed by atoms with Crippen LogP contribution in [0.2, 0.25) is 0 Å². The van der Waals surface area contributed by atoms with Crippen molar-refractivity contribution in [1.82, 2.24) is 9.78 Å². The number of aliphatic carboxylic acids is 1. The maximum absolute atomic E-state index is 10.8. The van der Waals surface area contributed by atoms with Gasteiger partial charge in [-0.1, -0.05) is 0 Å². The molecule has 0 unspecified atom stereocenters. The molecule has 0 spiro atoms. The van der Waals surface area contributed by atoms with Crippen LogP contribution in [0.5, 0.6) is 0 Å². The number of aryl methyl sites for hydroxylation is 1. The summed E-state index contributed by atoms with van der Waals surface area (Å²) in [7, 11) is 0. The van der Waals surface area contributed by atoms with Gasteiger partial charge in [-0.05, 0) is 41.2 Å². The monoisotopic (exact) mass is 328 g/mol. The van der Waals surface area contributed by atoms with Crippen LogP contribution in [0.1, 0.15) is 21.8 Å². The first-order valence-corrected chi connectivity index (χ1v) is 7.13. The number of halogens is 1. The highest BCUT2D eigenvalue weighted by Gasteiger charge is 2.15. The lowest BCUT2D eigenvalue weighted by Crippen LogP contribution is -2.05. The average Bonchev–Trinajstić information content (AvgIpc) is 2.79. The minimum atomic E-state index is -0.821. The highest BCUT2D eigenvalue weighted by molar-refractivity contribution is 9.10. The van der Waals surface area contributed by atoms with E-state index in [1.165, 1.54) is 4.88 Å². The predicted molar refractivity (Wildman–Crippen MR) is 74.2 cm³/mol. The SMILES string of the molecule is Cc1nn(Cc2sccc2Br)c(C)c1CC(=O)O. The summed E-state index contributed by atoms with van der Waals surface area (Å²) in [6.07, 6.45) is 0.0310. The Morgan fingerprint density at radius 3 is 2.83 bits per heavy atom. The number of hydrogen-bond acceptors (Lipinski definition) is 3. The summed E-state index contributed by atoms with van der Waals surface area (Å²) in [4.78, 5) is 12.0. The Morgan fingerprint density at radius 2 is 2.28 bits per heavy atom. The van der Waals surface area contributed by atoms with Crippen molar-refractivity contribution in [3.05, 3.63) is 37.7 Å². The highest BCUT2D eigenvalue weighted by atomic mass is 79.9. The molecule has 0 fully saturated rings. The van der Waals surface area contributed by atoms with Gasteiger partial charge in [0.2, 0.25) is 0 Å². The van der Waals surface area contributed by atoms with Gasteiger partial charge in [-0.2, -0.15) is 5.10 Å². The Kier molecular flexibility index (Phi) is 3.87. The van der Waals surface area contributed by atoms with Crippen LogP contribution in [0.25, 0.3) is 0 Å². The second kappa shape index (κ2) is 5.24. The molecule has 0 aromatic carbocycles. The van der Waals surface area contributed by atoms with Gasteiger partial charge in [0, 0.05) is 20.6 Å². The minimum Gasteiger partial charge on any atom is -0.481 e. The number of aromatic nitrogens is 2. The molecule has 0 bridgehead atoms. The van der Waals surface area contributed by atoms with Crippen molar-refractivity contribution in [3.8, 4) is 0 Å². The van der Waals surface area contributed by atoms with E-state index in [1.54, 1.807) is 11.3 Å². The second-order valence-electron chi connectivity index (χ2n) is 4.07. The fourth-order valence-electron chi connectivity index (χ4n) is 1.87. The van der Waals surface area contributed by atoms with E-state index >= 15 is 0 Å². The van der Waals surface area contributed by atoms with Gasteiger partial charge >= 0.3 is 5.97 Å². The van der Waals surface area contributed by atoms with E-state index in [2.05, 4.69) is 21.0 Å². The Morgan fingerprint density at radius 1 is 1.56 bits per heavy atom. The minimum absolute atomic E-state index is 0.0310. The van der Waals surface area contributed by atoms with E-state index < -0.39 is 5.97 Å².